The Balaban J connectivity index is 2.12. The molecule has 0 aliphatic rings. The molecule has 1 aromatic heterocycles. The molecule has 17 heavy (non-hydrogen) atoms. The van der Waals surface area contributed by atoms with Crippen LogP contribution in [0.25, 0.3) is 0 Å². The molecule has 0 fully saturated rings. The maximum atomic E-state index is 5.61. The van der Waals surface area contributed by atoms with Gasteiger partial charge in [-0.2, -0.15) is 0 Å². The fraction of sp³-hybridized carbons (Fsp3) is 0.231. The SMILES string of the molecule is CCCc1cc(Oc2ccc(N)cc2)ncn1. The first kappa shape index (κ1) is 11.4. The fourth-order valence-corrected chi connectivity index (χ4v) is 1.48. The van der Waals surface area contributed by atoms with Gasteiger partial charge in [0.2, 0.25) is 5.88 Å². The summed E-state index contributed by atoms with van der Waals surface area (Å²) >= 11 is 0. The molecule has 0 saturated heterocycles. The molecule has 2 N–H and O–H groups in total. The van der Waals surface area contributed by atoms with Gasteiger partial charge in [-0.05, 0) is 30.7 Å². The Morgan fingerprint density at radius 2 is 1.94 bits per heavy atom. The first-order chi connectivity index (χ1) is 8.28. The van der Waals surface area contributed by atoms with Crippen LogP contribution in [0.2, 0.25) is 0 Å². The smallest absolute Gasteiger partial charge is 0.222 e. The number of aromatic nitrogens is 2. The molecule has 2 rings (SSSR count). The van der Waals surface area contributed by atoms with Crippen LogP contribution in [0.4, 0.5) is 5.69 Å². The van der Waals surface area contributed by atoms with Crippen LogP contribution in [-0.4, -0.2) is 9.97 Å². The van der Waals surface area contributed by atoms with Crippen LogP contribution in [0.3, 0.4) is 0 Å². The van der Waals surface area contributed by atoms with E-state index in [2.05, 4.69) is 16.9 Å². The molecule has 0 aliphatic carbocycles. The summed E-state index contributed by atoms with van der Waals surface area (Å²) in [6.07, 6.45) is 3.51. The first-order valence-corrected chi connectivity index (χ1v) is 5.62. The van der Waals surface area contributed by atoms with Crippen molar-refractivity contribution in [2.45, 2.75) is 19.8 Å². The molecule has 4 nitrogen and oxygen atoms in total. The van der Waals surface area contributed by atoms with Crippen molar-refractivity contribution in [3.05, 3.63) is 42.4 Å². The van der Waals surface area contributed by atoms with Gasteiger partial charge in [0, 0.05) is 17.4 Å². The van der Waals surface area contributed by atoms with E-state index < -0.39 is 0 Å². The summed E-state index contributed by atoms with van der Waals surface area (Å²) in [5.74, 6) is 1.29. The molecular formula is C13H15N3O. The minimum absolute atomic E-state index is 0.563. The lowest BCUT2D eigenvalue weighted by Gasteiger charge is -2.05. The summed E-state index contributed by atoms with van der Waals surface area (Å²) in [7, 11) is 0. The van der Waals surface area contributed by atoms with Gasteiger partial charge in [0.25, 0.3) is 0 Å². The van der Waals surface area contributed by atoms with Crippen LogP contribution in [0.15, 0.2) is 36.7 Å². The Morgan fingerprint density at radius 3 is 2.65 bits per heavy atom. The molecule has 4 heteroatoms. The second kappa shape index (κ2) is 5.30. The predicted molar refractivity (Wildman–Crippen MR) is 67.0 cm³/mol. The van der Waals surface area contributed by atoms with Gasteiger partial charge in [-0.1, -0.05) is 13.3 Å². The van der Waals surface area contributed by atoms with Gasteiger partial charge in [-0.15, -0.1) is 0 Å². The van der Waals surface area contributed by atoms with Crippen LogP contribution in [-0.2, 0) is 6.42 Å². The highest BCUT2D eigenvalue weighted by atomic mass is 16.5. The van der Waals surface area contributed by atoms with Crippen molar-refractivity contribution in [3.8, 4) is 11.6 Å². The van der Waals surface area contributed by atoms with Crippen LogP contribution >= 0.6 is 0 Å². The third-order valence-corrected chi connectivity index (χ3v) is 2.31. The van der Waals surface area contributed by atoms with Crippen molar-refractivity contribution in [1.29, 1.82) is 0 Å². The summed E-state index contributed by atoms with van der Waals surface area (Å²) in [4.78, 5) is 8.25. The summed E-state index contributed by atoms with van der Waals surface area (Å²) < 4.78 is 5.61. The Morgan fingerprint density at radius 1 is 1.18 bits per heavy atom. The second-order valence-electron chi connectivity index (χ2n) is 3.77. The van der Waals surface area contributed by atoms with E-state index in [-0.39, 0.29) is 0 Å². The van der Waals surface area contributed by atoms with Crippen molar-refractivity contribution >= 4 is 5.69 Å². The van der Waals surface area contributed by atoms with E-state index >= 15 is 0 Å². The van der Waals surface area contributed by atoms with Crippen molar-refractivity contribution < 1.29 is 4.74 Å². The zero-order valence-electron chi connectivity index (χ0n) is 9.76. The molecule has 0 unspecified atom stereocenters. The van der Waals surface area contributed by atoms with Crippen LogP contribution in [0.1, 0.15) is 19.0 Å². The standard InChI is InChI=1S/C13H15N3O/c1-2-3-11-8-13(16-9-15-11)17-12-6-4-10(14)5-7-12/h4-9H,2-3,14H2,1H3. The molecule has 0 amide bonds. The third-order valence-electron chi connectivity index (χ3n) is 2.31. The molecule has 0 radical (unpaired) electrons. The lowest BCUT2D eigenvalue weighted by atomic mass is 10.2. The average Bonchev–Trinajstić information content (AvgIpc) is 2.33. The molecule has 0 spiro atoms. The predicted octanol–water partition coefficient (Wildman–Crippen LogP) is 2.80. The number of benzene rings is 1. The zero-order valence-corrected chi connectivity index (χ0v) is 9.76. The van der Waals surface area contributed by atoms with Crippen molar-refractivity contribution in [2.75, 3.05) is 5.73 Å². The van der Waals surface area contributed by atoms with Gasteiger partial charge >= 0.3 is 0 Å². The van der Waals surface area contributed by atoms with Gasteiger partial charge < -0.3 is 10.5 Å². The van der Waals surface area contributed by atoms with Crippen LogP contribution in [0.5, 0.6) is 11.6 Å². The normalized spacial score (nSPS) is 10.2. The molecule has 0 aliphatic heterocycles. The first-order valence-electron chi connectivity index (χ1n) is 5.62. The number of hydrogen-bond donors (Lipinski definition) is 1. The summed E-state index contributed by atoms with van der Waals surface area (Å²) in [6, 6.07) is 9.08. The number of nitrogens with two attached hydrogens (primary N) is 1. The topological polar surface area (TPSA) is 61.0 Å². The largest absolute Gasteiger partial charge is 0.439 e. The van der Waals surface area contributed by atoms with E-state index in [1.807, 2.05) is 18.2 Å². The highest BCUT2D eigenvalue weighted by Crippen LogP contribution is 2.20. The molecule has 0 saturated carbocycles. The number of rotatable bonds is 4. The van der Waals surface area contributed by atoms with Crippen molar-refractivity contribution in [2.24, 2.45) is 0 Å². The van der Waals surface area contributed by atoms with Crippen LogP contribution < -0.4 is 10.5 Å². The van der Waals surface area contributed by atoms with Gasteiger partial charge in [0.15, 0.2) is 0 Å². The van der Waals surface area contributed by atoms with Crippen molar-refractivity contribution in [3.63, 3.8) is 0 Å². The van der Waals surface area contributed by atoms with Crippen LogP contribution in [0, 0.1) is 0 Å². The number of ether oxygens (including phenoxy) is 1. The highest BCUT2D eigenvalue weighted by molar-refractivity contribution is 5.42. The minimum Gasteiger partial charge on any atom is -0.439 e. The Hall–Kier alpha value is -2.10. The number of nitrogen functional groups attached to an aromatic ring is 1. The zero-order chi connectivity index (χ0) is 12.1. The molecule has 2 aromatic rings. The lowest BCUT2D eigenvalue weighted by molar-refractivity contribution is 0.460. The molecule has 0 atom stereocenters. The van der Waals surface area contributed by atoms with E-state index in [1.165, 1.54) is 6.33 Å². The molecule has 88 valence electrons. The number of anilines is 1. The maximum absolute atomic E-state index is 5.61. The monoisotopic (exact) mass is 229 g/mol. The number of hydrogen-bond acceptors (Lipinski definition) is 4. The summed E-state index contributed by atoms with van der Waals surface area (Å²) in [5.41, 5.74) is 7.31. The minimum atomic E-state index is 0.563. The van der Waals surface area contributed by atoms with E-state index in [9.17, 15) is 0 Å². The molecular weight excluding hydrogens is 214 g/mol. The fourth-order valence-electron chi connectivity index (χ4n) is 1.48. The molecule has 1 heterocycles. The highest BCUT2D eigenvalue weighted by Gasteiger charge is 2.01. The Bertz CT molecular complexity index is 482. The van der Waals surface area contributed by atoms with E-state index in [4.69, 9.17) is 10.5 Å². The quantitative estimate of drug-likeness (QED) is 0.819. The third kappa shape index (κ3) is 3.17. The lowest BCUT2D eigenvalue weighted by Crippen LogP contribution is -1.94. The Kier molecular flexibility index (Phi) is 3.55. The van der Waals surface area contributed by atoms with Gasteiger partial charge in [0.1, 0.15) is 12.1 Å². The van der Waals surface area contributed by atoms with Gasteiger partial charge in [-0.25, -0.2) is 9.97 Å². The summed E-state index contributed by atoms with van der Waals surface area (Å²) in [5, 5.41) is 0. The number of aryl methyl sites for hydroxylation is 1. The van der Waals surface area contributed by atoms with Gasteiger partial charge in [0.05, 0.1) is 0 Å². The number of nitrogens with zero attached hydrogens (tertiary/aromatic N) is 2. The van der Waals surface area contributed by atoms with E-state index in [0.717, 1.165) is 24.3 Å². The molecule has 0 bridgehead atoms. The summed E-state index contributed by atoms with van der Waals surface area (Å²) in [6.45, 7) is 2.11. The van der Waals surface area contributed by atoms with E-state index in [0.29, 0.717) is 11.6 Å². The van der Waals surface area contributed by atoms with E-state index in [1.54, 1.807) is 12.1 Å². The second-order valence-corrected chi connectivity index (χ2v) is 3.77. The molecule has 1 aromatic carbocycles. The van der Waals surface area contributed by atoms with Crippen molar-refractivity contribution in [1.82, 2.24) is 9.97 Å². The Labute approximate surface area is 100 Å². The van der Waals surface area contributed by atoms with Gasteiger partial charge in [-0.3, -0.25) is 0 Å². The maximum Gasteiger partial charge on any atom is 0.222 e. The average molecular weight is 229 g/mol.